The first kappa shape index (κ1) is 9.41. The smallest absolute Gasteiger partial charge is 0.0894 e. The van der Waals surface area contributed by atoms with Crippen molar-refractivity contribution in [1.82, 2.24) is 0 Å². The zero-order valence-electron chi connectivity index (χ0n) is 8.49. The van der Waals surface area contributed by atoms with E-state index in [1.165, 1.54) is 11.1 Å². The Morgan fingerprint density at radius 2 is 2.14 bits per heavy atom. The summed E-state index contributed by atoms with van der Waals surface area (Å²) >= 11 is 0. The molecule has 0 amide bonds. The van der Waals surface area contributed by atoms with Gasteiger partial charge >= 0.3 is 0 Å². The maximum absolute atomic E-state index is 5.47. The van der Waals surface area contributed by atoms with E-state index >= 15 is 0 Å². The van der Waals surface area contributed by atoms with Gasteiger partial charge in [0.05, 0.1) is 18.9 Å². The Morgan fingerprint density at radius 1 is 1.29 bits per heavy atom. The van der Waals surface area contributed by atoms with Gasteiger partial charge < -0.3 is 4.74 Å². The van der Waals surface area contributed by atoms with Crippen LogP contribution in [0.2, 0.25) is 0 Å². The Hall–Kier alpha value is -1.15. The lowest BCUT2D eigenvalue weighted by Crippen LogP contribution is -2.19. The summed E-state index contributed by atoms with van der Waals surface area (Å²) < 4.78 is 5.47. The van der Waals surface area contributed by atoms with Crippen LogP contribution < -0.4 is 0 Å². The van der Waals surface area contributed by atoms with Crippen LogP contribution in [0.25, 0.3) is 0 Å². The number of fused-ring (bicyclic) bond motifs is 1. The molecular weight excluding hydrogens is 174 g/mol. The molecule has 0 atom stereocenters. The molecule has 0 aromatic heterocycles. The number of rotatable bonds is 2. The molecule has 2 rings (SSSR count). The Labute approximate surface area is 84.6 Å². The van der Waals surface area contributed by atoms with Crippen molar-refractivity contribution in [2.45, 2.75) is 20.0 Å². The number of benzene rings is 1. The van der Waals surface area contributed by atoms with Gasteiger partial charge in [0, 0.05) is 12.1 Å². The normalized spacial score (nSPS) is 18.2. The highest BCUT2D eigenvalue weighted by Crippen LogP contribution is 2.16. The van der Waals surface area contributed by atoms with Crippen molar-refractivity contribution in [2.24, 2.45) is 4.99 Å². The number of ether oxygens (including phenoxy) is 1. The molecule has 2 nitrogen and oxygen atoms in total. The van der Waals surface area contributed by atoms with E-state index in [-0.39, 0.29) is 0 Å². The largest absolute Gasteiger partial charge is 0.370 e. The van der Waals surface area contributed by atoms with Crippen molar-refractivity contribution in [3.8, 4) is 0 Å². The van der Waals surface area contributed by atoms with Crippen LogP contribution in [-0.4, -0.2) is 18.9 Å². The third kappa shape index (κ3) is 1.85. The number of hydrogen-bond acceptors (Lipinski definition) is 2. The lowest BCUT2D eigenvalue weighted by molar-refractivity contribution is 0.152. The highest BCUT2D eigenvalue weighted by atomic mass is 16.5. The molecule has 0 spiro atoms. The lowest BCUT2D eigenvalue weighted by atomic mass is 10.0. The summed E-state index contributed by atoms with van der Waals surface area (Å²) in [6.07, 6.45) is 1.09. The minimum Gasteiger partial charge on any atom is -0.370 e. The average molecular weight is 189 g/mol. The zero-order chi connectivity index (χ0) is 9.80. The van der Waals surface area contributed by atoms with E-state index in [0.29, 0.717) is 6.61 Å². The van der Waals surface area contributed by atoms with Crippen molar-refractivity contribution in [3.63, 3.8) is 0 Å². The fourth-order valence-corrected chi connectivity index (χ4v) is 1.64. The van der Waals surface area contributed by atoms with Crippen LogP contribution in [-0.2, 0) is 11.3 Å². The number of hydrogen-bond donors (Lipinski definition) is 0. The van der Waals surface area contributed by atoms with Gasteiger partial charge in [-0.2, -0.15) is 0 Å². The SMILES string of the molecule is CCC/N=C1\COCc2ccccc21. The first-order valence-electron chi connectivity index (χ1n) is 5.11. The fourth-order valence-electron chi connectivity index (χ4n) is 1.64. The molecule has 1 aliphatic heterocycles. The van der Waals surface area contributed by atoms with Crippen LogP contribution in [0, 0.1) is 0 Å². The van der Waals surface area contributed by atoms with E-state index in [1.54, 1.807) is 0 Å². The first-order chi connectivity index (χ1) is 6.92. The zero-order valence-corrected chi connectivity index (χ0v) is 8.49. The van der Waals surface area contributed by atoms with Crippen molar-refractivity contribution >= 4 is 5.71 Å². The summed E-state index contributed by atoms with van der Waals surface area (Å²) in [6, 6.07) is 8.35. The Balaban J connectivity index is 2.31. The monoisotopic (exact) mass is 189 g/mol. The highest BCUT2D eigenvalue weighted by Gasteiger charge is 2.14. The molecule has 0 fully saturated rings. The molecule has 0 saturated heterocycles. The molecule has 0 N–H and O–H groups in total. The van der Waals surface area contributed by atoms with Crippen LogP contribution in [0.15, 0.2) is 29.3 Å². The molecule has 74 valence electrons. The highest BCUT2D eigenvalue weighted by molar-refractivity contribution is 6.03. The van der Waals surface area contributed by atoms with Gasteiger partial charge in [0.15, 0.2) is 0 Å². The van der Waals surface area contributed by atoms with Crippen molar-refractivity contribution < 1.29 is 4.74 Å². The molecule has 14 heavy (non-hydrogen) atoms. The van der Waals surface area contributed by atoms with Gasteiger partial charge in [0.25, 0.3) is 0 Å². The summed E-state index contributed by atoms with van der Waals surface area (Å²) in [5.74, 6) is 0. The predicted molar refractivity (Wildman–Crippen MR) is 57.8 cm³/mol. The maximum atomic E-state index is 5.47. The third-order valence-electron chi connectivity index (χ3n) is 2.35. The van der Waals surface area contributed by atoms with Crippen molar-refractivity contribution in [1.29, 1.82) is 0 Å². The Bertz CT molecular complexity index is 344. The fraction of sp³-hybridized carbons (Fsp3) is 0.417. The van der Waals surface area contributed by atoms with Crippen LogP contribution in [0.3, 0.4) is 0 Å². The molecular formula is C12H15NO. The summed E-state index contributed by atoms with van der Waals surface area (Å²) in [4.78, 5) is 4.53. The topological polar surface area (TPSA) is 21.6 Å². The molecule has 0 radical (unpaired) electrons. The van der Waals surface area contributed by atoms with Crippen LogP contribution in [0.1, 0.15) is 24.5 Å². The van der Waals surface area contributed by atoms with E-state index < -0.39 is 0 Å². The minimum atomic E-state index is 0.664. The number of nitrogens with zero attached hydrogens (tertiary/aromatic N) is 1. The third-order valence-corrected chi connectivity index (χ3v) is 2.35. The van der Waals surface area contributed by atoms with E-state index in [4.69, 9.17) is 4.74 Å². The molecule has 1 heterocycles. The lowest BCUT2D eigenvalue weighted by Gasteiger charge is -2.18. The molecule has 0 aliphatic carbocycles. The second-order valence-corrected chi connectivity index (χ2v) is 3.48. The van der Waals surface area contributed by atoms with Gasteiger partial charge in [-0.3, -0.25) is 4.99 Å². The predicted octanol–water partition coefficient (Wildman–Crippen LogP) is 2.42. The minimum absolute atomic E-state index is 0.664. The van der Waals surface area contributed by atoms with Gasteiger partial charge in [0.1, 0.15) is 0 Å². The molecule has 0 saturated carbocycles. The van der Waals surface area contributed by atoms with Gasteiger partial charge in [0.2, 0.25) is 0 Å². The summed E-state index contributed by atoms with van der Waals surface area (Å²) in [7, 11) is 0. The van der Waals surface area contributed by atoms with E-state index in [0.717, 1.165) is 25.3 Å². The second-order valence-electron chi connectivity index (χ2n) is 3.48. The van der Waals surface area contributed by atoms with Crippen molar-refractivity contribution in [2.75, 3.05) is 13.2 Å². The summed E-state index contributed by atoms with van der Waals surface area (Å²) in [5.41, 5.74) is 3.63. The van der Waals surface area contributed by atoms with Gasteiger partial charge in [-0.05, 0) is 12.0 Å². The molecule has 1 aromatic carbocycles. The summed E-state index contributed by atoms with van der Waals surface area (Å²) in [5, 5.41) is 0. The van der Waals surface area contributed by atoms with Crippen LogP contribution in [0.5, 0.6) is 0 Å². The van der Waals surface area contributed by atoms with Gasteiger partial charge in [-0.1, -0.05) is 31.2 Å². The quantitative estimate of drug-likeness (QED) is 0.700. The molecule has 0 unspecified atom stereocenters. The second kappa shape index (κ2) is 4.38. The van der Waals surface area contributed by atoms with E-state index in [9.17, 15) is 0 Å². The Morgan fingerprint density at radius 3 is 3.00 bits per heavy atom. The molecule has 1 aliphatic rings. The van der Waals surface area contributed by atoms with E-state index in [1.807, 2.05) is 6.07 Å². The molecule has 1 aromatic rings. The van der Waals surface area contributed by atoms with Crippen LogP contribution in [0.4, 0.5) is 0 Å². The average Bonchev–Trinajstić information content (AvgIpc) is 2.26. The van der Waals surface area contributed by atoms with Crippen molar-refractivity contribution in [3.05, 3.63) is 35.4 Å². The summed E-state index contributed by atoms with van der Waals surface area (Å²) in [6.45, 7) is 4.42. The Kier molecular flexibility index (Phi) is 2.94. The van der Waals surface area contributed by atoms with Gasteiger partial charge in [-0.25, -0.2) is 0 Å². The number of aliphatic imine (C=N–C) groups is 1. The maximum Gasteiger partial charge on any atom is 0.0894 e. The van der Waals surface area contributed by atoms with Gasteiger partial charge in [-0.15, -0.1) is 0 Å². The molecule has 2 heteroatoms. The first-order valence-corrected chi connectivity index (χ1v) is 5.11. The van der Waals surface area contributed by atoms with Crippen LogP contribution >= 0.6 is 0 Å². The molecule has 0 bridgehead atoms. The van der Waals surface area contributed by atoms with E-state index in [2.05, 4.69) is 30.1 Å². The standard InChI is InChI=1S/C12H15NO/c1-2-7-13-12-9-14-8-10-5-3-4-6-11(10)12/h3-6H,2,7-9H2,1H3/b13-12+.